The minimum absolute atomic E-state index is 0.131. The fraction of sp³-hybridized carbons (Fsp3) is 0.577. The molecule has 1 N–H and O–H groups in total. The Morgan fingerprint density at radius 2 is 1.90 bits per heavy atom. The molecule has 3 saturated carbocycles. The van der Waals surface area contributed by atoms with E-state index in [9.17, 15) is 9.90 Å². The van der Waals surface area contributed by atoms with E-state index in [1.165, 1.54) is 12.0 Å². The van der Waals surface area contributed by atoms with Crippen molar-refractivity contribution >= 4 is 16.8 Å². The normalized spacial score (nSPS) is 41.6. The molecule has 4 aliphatic rings. The fourth-order valence-electron chi connectivity index (χ4n) is 7.79. The van der Waals surface area contributed by atoms with Crippen molar-refractivity contribution in [2.75, 3.05) is 0 Å². The lowest BCUT2D eigenvalue weighted by molar-refractivity contribution is -0.133. The van der Waals surface area contributed by atoms with Gasteiger partial charge in [0.05, 0.1) is 0 Å². The molecule has 0 spiro atoms. The summed E-state index contributed by atoms with van der Waals surface area (Å²) in [4.78, 5) is 11.9. The molecule has 0 radical (unpaired) electrons. The third kappa shape index (κ3) is 2.37. The van der Waals surface area contributed by atoms with Crippen molar-refractivity contribution in [1.29, 1.82) is 0 Å². The second kappa shape index (κ2) is 6.07. The van der Waals surface area contributed by atoms with Crippen molar-refractivity contribution in [3.05, 3.63) is 47.7 Å². The van der Waals surface area contributed by atoms with E-state index in [0.29, 0.717) is 29.5 Å². The minimum atomic E-state index is -0.875. The van der Waals surface area contributed by atoms with Gasteiger partial charge in [-0.2, -0.15) is 0 Å². The van der Waals surface area contributed by atoms with Crippen LogP contribution in [0.4, 0.5) is 0 Å². The summed E-state index contributed by atoms with van der Waals surface area (Å²) in [6.45, 7) is 2.32. The number of furan rings is 1. The predicted octanol–water partition coefficient (Wildman–Crippen LogP) is 5.76. The third-order valence-electron chi connectivity index (χ3n) is 9.28. The summed E-state index contributed by atoms with van der Waals surface area (Å²) in [6.07, 6.45) is 10.1. The number of rotatable bonds is 1. The Bertz CT molecular complexity index is 983. The summed E-state index contributed by atoms with van der Waals surface area (Å²) in [7, 11) is 0. The number of benzene rings is 1. The molecule has 152 valence electrons. The zero-order valence-corrected chi connectivity index (χ0v) is 17.2. The van der Waals surface area contributed by atoms with Gasteiger partial charge in [-0.15, -0.1) is 0 Å². The van der Waals surface area contributed by atoms with Gasteiger partial charge >= 0.3 is 0 Å². The smallest absolute Gasteiger partial charge is 0.155 e. The minimum Gasteiger partial charge on any atom is -0.458 e. The number of hydrogen-bond acceptors (Lipinski definition) is 3. The maximum Gasteiger partial charge on any atom is 0.155 e. The second-order valence-electron chi connectivity index (χ2n) is 10.3. The molecule has 3 fully saturated rings. The van der Waals surface area contributed by atoms with E-state index >= 15 is 0 Å². The largest absolute Gasteiger partial charge is 0.458 e. The van der Waals surface area contributed by atoms with Gasteiger partial charge in [0, 0.05) is 17.2 Å². The maximum absolute atomic E-state index is 12.0. The molecule has 3 nitrogen and oxygen atoms in total. The van der Waals surface area contributed by atoms with Crippen LogP contribution >= 0.6 is 0 Å². The second-order valence-corrected chi connectivity index (χ2v) is 10.3. The highest BCUT2D eigenvalue weighted by molar-refractivity contribution is 5.91. The number of hydrogen-bond donors (Lipinski definition) is 1. The number of ketones is 1. The van der Waals surface area contributed by atoms with Crippen LogP contribution in [0.15, 0.2) is 46.4 Å². The zero-order chi connectivity index (χ0) is 19.8. The Morgan fingerprint density at radius 1 is 1.03 bits per heavy atom. The van der Waals surface area contributed by atoms with Crippen LogP contribution in [0.3, 0.4) is 0 Å². The van der Waals surface area contributed by atoms with Gasteiger partial charge in [0.1, 0.15) is 16.9 Å². The molecule has 3 heteroatoms. The van der Waals surface area contributed by atoms with E-state index in [1.807, 2.05) is 24.3 Å². The first-order valence-corrected chi connectivity index (χ1v) is 11.4. The Hall–Kier alpha value is -1.87. The molecule has 6 rings (SSSR count). The number of aliphatic hydroxyl groups is 1. The average molecular weight is 391 g/mol. The van der Waals surface area contributed by atoms with Crippen LogP contribution in [-0.2, 0) is 10.4 Å². The van der Waals surface area contributed by atoms with Crippen molar-refractivity contribution in [1.82, 2.24) is 0 Å². The van der Waals surface area contributed by atoms with Gasteiger partial charge < -0.3 is 9.52 Å². The van der Waals surface area contributed by atoms with Crippen molar-refractivity contribution in [3.63, 3.8) is 0 Å². The summed E-state index contributed by atoms with van der Waals surface area (Å²) in [5.41, 5.74) is 1.29. The average Bonchev–Trinajstić information content (AvgIpc) is 3.27. The van der Waals surface area contributed by atoms with Gasteiger partial charge in [0.2, 0.25) is 0 Å². The molecular weight excluding hydrogens is 360 g/mol. The summed E-state index contributed by atoms with van der Waals surface area (Å²) >= 11 is 0. The lowest BCUT2D eigenvalue weighted by atomic mass is 9.50. The van der Waals surface area contributed by atoms with Crippen LogP contribution in [0.25, 0.3) is 11.0 Å². The first kappa shape index (κ1) is 17.9. The van der Waals surface area contributed by atoms with Crippen LogP contribution < -0.4 is 0 Å². The van der Waals surface area contributed by atoms with E-state index < -0.39 is 5.60 Å². The summed E-state index contributed by atoms with van der Waals surface area (Å²) in [5.74, 6) is 3.61. The SMILES string of the molecule is C[C@]12CC[C@@H]3[C@@H](CCC4=CC(=O)CC[C@@H]43)[C@H]1CC[C@]2(O)c1cc2ccccc2o1. The van der Waals surface area contributed by atoms with Crippen molar-refractivity contribution in [2.24, 2.45) is 29.1 Å². The summed E-state index contributed by atoms with van der Waals surface area (Å²) in [6, 6.07) is 10.2. The highest BCUT2D eigenvalue weighted by Crippen LogP contribution is 2.67. The quantitative estimate of drug-likeness (QED) is 0.673. The molecule has 0 amide bonds. The molecule has 4 aliphatic carbocycles. The lowest BCUT2D eigenvalue weighted by Gasteiger charge is -2.55. The molecule has 0 unspecified atom stereocenters. The van der Waals surface area contributed by atoms with Crippen LogP contribution in [0, 0.1) is 29.1 Å². The Morgan fingerprint density at radius 3 is 2.76 bits per heavy atom. The van der Waals surface area contributed by atoms with Gasteiger partial charge in [-0.05, 0) is 86.8 Å². The molecule has 1 aromatic carbocycles. The van der Waals surface area contributed by atoms with Gasteiger partial charge in [-0.3, -0.25) is 4.79 Å². The maximum atomic E-state index is 12.0. The van der Waals surface area contributed by atoms with E-state index in [-0.39, 0.29) is 5.41 Å². The monoisotopic (exact) mass is 390 g/mol. The van der Waals surface area contributed by atoms with E-state index in [4.69, 9.17) is 4.42 Å². The number of carbonyl (C=O) groups excluding carboxylic acids is 1. The Kier molecular flexibility index (Phi) is 3.76. The molecule has 0 bridgehead atoms. The molecule has 0 aliphatic heterocycles. The molecule has 0 saturated heterocycles. The molecule has 29 heavy (non-hydrogen) atoms. The highest BCUT2D eigenvalue weighted by Gasteiger charge is 2.64. The lowest BCUT2D eigenvalue weighted by Crippen LogP contribution is -2.51. The highest BCUT2D eigenvalue weighted by atomic mass is 16.4. The number of para-hydroxylation sites is 1. The Labute approximate surface area is 172 Å². The molecule has 6 atom stereocenters. The fourth-order valence-corrected chi connectivity index (χ4v) is 7.79. The van der Waals surface area contributed by atoms with Crippen LogP contribution in [0.5, 0.6) is 0 Å². The molecule has 1 aromatic heterocycles. The van der Waals surface area contributed by atoms with Gasteiger partial charge in [-0.1, -0.05) is 30.7 Å². The van der Waals surface area contributed by atoms with Crippen molar-refractivity contribution in [2.45, 2.75) is 63.9 Å². The summed E-state index contributed by atoms with van der Waals surface area (Å²) < 4.78 is 6.21. The number of carbonyl (C=O) groups is 1. The zero-order valence-electron chi connectivity index (χ0n) is 17.2. The number of fused-ring (bicyclic) bond motifs is 6. The van der Waals surface area contributed by atoms with E-state index in [0.717, 1.165) is 61.7 Å². The topological polar surface area (TPSA) is 50.4 Å². The van der Waals surface area contributed by atoms with Crippen LogP contribution in [0.1, 0.15) is 64.1 Å². The van der Waals surface area contributed by atoms with Gasteiger partial charge in [0.15, 0.2) is 5.78 Å². The Balaban J connectivity index is 1.36. The number of allylic oxidation sites excluding steroid dienone is 1. The standard InChI is InChI=1S/C26H30O3/c1-25-12-10-20-19-9-7-18(27)14-16(19)6-8-21(20)22(25)11-13-26(25,28)24-15-17-4-2-3-5-23(17)29-24/h2-5,14-15,19-22,28H,6-13H2,1H3/t19-,20-,21+,22+,25-,26-/m0/s1. The molecule has 1 heterocycles. The predicted molar refractivity (Wildman–Crippen MR) is 112 cm³/mol. The van der Waals surface area contributed by atoms with E-state index in [2.05, 4.69) is 19.1 Å². The molecule has 2 aromatic rings. The van der Waals surface area contributed by atoms with Crippen LogP contribution in [-0.4, -0.2) is 10.9 Å². The first-order chi connectivity index (χ1) is 14.0. The van der Waals surface area contributed by atoms with E-state index in [1.54, 1.807) is 0 Å². The van der Waals surface area contributed by atoms with Gasteiger partial charge in [-0.25, -0.2) is 0 Å². The molecular formula is C26H30O3. The first-order valence-electron chi connectivity index (χ1n) is 11.4. The van der Waals surface area contributed by atoms with Gasteiger partial charge in [0.25, 0.3) is 0 Å². The van der Waals surface area contributed by atoms with Crippen molar-refractivity contribution < 1.29 is 14.3 Å². The third-order valence-corrected chi connectivity index (χ3v) is 9.28. The van der Waals surface area contributed by atoms with Crippen molar-refractivity contribution in [3.8, 4) is 0 Å². The van der Waals surface area contributed by atoms with Crippen LogP contribution in [0.2, 0.25) is 0 Å². The summed E-state index contributed by atoms with van der Waals surface area (Å²) in [5, 5.41) is 13.1.